The number of fused-ring (bicyclic) bond motifs is 1. The van der Waals surface area contributed by atoms with E-state index in [2.05, 4.69) is 10.1 Å². The first-order valence-corrected chi connectivity index (χ1v) is 9.72. The number of hydrogen-bond acceptors (Lipinski definition) is 3. The van der Waals surface area contributed by atoms with Crippen molar-refractivity contribution in [2.24, 2.45) is 0 Å². The van der Waals surface area contributed by atoms with Crippen LogP contribution in [-0.4, -0.2) is 27.6 Å². The number of rotatable bonds is 4. The molecule has 4 aromatic rings. The summed E-state index contributed by atoms with van der Waals surface area (Å²) in [5.74, 6) is -3.58. The summed E-state index contributed by atoms with van der Waals surface area (Å²) in [5.41, 5.74) is 1.10. The van der Waals surface area contributed by atoms with E-state index < -0.39 is 29.3 Å². The highest BCUT2D eigenvalue weighted by molar-refractivity contribution is 6.06. The summed E-state index contributed by atoms with van der Waals surface area (Å²) in [7, 11) is 1.52. The molecule has 4 rings (SSSR count). The van der Waals surface area contributed by atoms with E-state index in [9.17, 15) is 26.7 Å². The fraction of sp³-hybridized carbons (Fsp3) is 0.174. The molecule has 5 nitrogen and oxygen atoms in total. The fourth-order valence-electron chi connectivity index (χ4n) is 3.33. The molecule has 0 unspecified atom stereocenters. The summed E-state index contributed by atoms with van der Waals surface area (Å²) < 4.78 is 66.8. The maximum Gasteiger partial charge on any atom is 0.416 e. The molecule has 0 aliphatic rings. The molecule has 0 saturated carbocycles. The molecule has 0 fully saturated rings. The van der Waals surface area contributed by atoms with Crippen molar-refractivity contribution in [2.75, 3.05) is 11.9 Å². The lowest BCUT2D eigenvalue weighted by molar-refractivity contribution is -0.137. The van der Waals surface area contributed by atoms with E-state index in [0.29, 0.717) is 22.3 Å². The number of pyridine rings is 2. The zero-order valence-corrected chi connectivity index (χ0v) is 17.4. The van der Waals surface area contributed by atoms with Gasteiger partial charge in [-0.25, -0.2) is 4.52 Å². The molecular weight excluding hydrogens is 443 g/mol. The van der Waals surface area contributed by atoms with Gasteiger partial charge in [0.1, 0.15) is 5.69 Å². The second kappa shape index (κ2) is 7.95. The molecule has 1 aromatic carbocycles. The fourth-order valence-corrected chi connectivity index (χ4v) is 3.33. The quantitative estimate of drug-likeness (QED) is 0.362. The van der Waals surface area contributed by atoms with Gasteiger partial charge >= 0.3 is 6.18 Å². The van der Waals surface area contributed by atoms with Crippen LogP contribution in [0, 0.1) is 0 Å². The van der Waals surface area contributed by atoms with Crippen molar-refractivity contribution in [3.8, 4) is 11.1 Å². The van der Waals surface area contributed by atoms with Crippen LogP contribution in [-0.2, 0) is 12.1 Å². The second-order valence-electron chi connectivity index (χ2n) is 7.53. The Bertz CT molecular complexity index is 1310. The van der Waals surface area contributed by atoms with Crippen LogP contribution in [0.3, 0.4) is 0 Å². The molecule has 0 aliphatic heterocycles. The number of aromatic nitrogens is 3. The molecule has 3 heterocycles. The van der Waals surface area contributed by atoms with E-state index in [1.54, 1.807) is 18.3 Å². The van der Waals surface area contributed by atoms with Crippen LogP contribution < -0.4 is 4.90 Å². The van der Waals surface area contributed by atoms with Gasteiger partial charge in [-0.15, -0.1) is 0 Å². The summed E-state index contributed by atoms with van der Waals surface area (Å²) in [6, 6.07) is 10.4. The van der Waals surface area contributed by atoms with Gasteiger partial charge in [0.2, 0.25) is 0 Å². The van der Waals surface area contributed by atoms with E-state index in [-0.39, 0.29) is 5.56 Å². The number of amides is 1. The predicted molar refractivity (Wildman–Crippen MR) is 112 cm³/mol. The van der Waals surface area contributed by atoms with Gasteiger partial charge in [-0.2, -0.15) is 27.1 Å². The number of benzene rings is 1. The molecular formula is C23H17F5N4O. The topological polar surface area (TPSA) is 50.5 Å². The van der Waals surface area contributed by atoms with Crippen LogP contribution in [0.5, 0.6) is 0 Å². The van der Waals surface area contributed by atoms with Gasteiger partial charge in [0.15, 0.2) is 0 Å². The second-order valence-corrected chi connectivity index (χ2v) is 7.53. The highest BCUT2D eigenvalue weighted by Gasteiger charge is 2.30. The van der Waals surface area contributed by atoms with E-state index in [1.165, 1.54) is 40.9 Å². The van der Waals surface area contributed by atoms with Gasteiger partial charge in [-0.3, -0.25) is 9.78 Å². The summed E-state index contributed by atoms with van der Waals surface area (Å²) in [6.07, 6.45) is -0.204. The lowest BCUT2D eigenvalue weighted by Crippen LogP contribution is -2.26. The molecule has 170 valence electrons. The Balaban J connectivity index is 1.64. The van der Waals surface area contributed by atoms with Crippen molar-refractivity contribution in [2.45, 2.75) is 19.0 Å². The number of anilines is 1. The Morgan fingerprint density at radius 3 is 2.24 bits per heavy atom. The molecule has 0 atom stereocenters. The highest BCUT2D eigenvalue weighted by Crippen LogP contribution is 2.33. The Morgan fingerprint density at radius 2 is 1.67 bits per heavy atom. The van der Waals surface area contributed by atoms with E-state index in [1.807, 2.05) is 0 Å². The largest absolute Gasteiger partial charge is 0.416 e. The molecule has 0 bridgehead atoms. The third kappa shape index (κ3) is 4.41. The molecule has 1 amide bonds. The van der Waals surface area contributed by atoms with Crippen molar-refractivity contribution in [1.82, 2.24) is 14.6 Å². The van der Waals surface area contributed by atoms with Gasteiger partial charge in [0.05, 0.1) is 22.8 Å². The maximum atomic E-state index is 13.4. The number of hydrogen-bond donors (Lipinski definition) is 0. The summed E-state index contributed by atoms with van der Waals surface area (Å²) in [5, 5.41) is 4.21. The molecule has 0 saturated heterocycles. The van der Waals surface area contributed by atoms with Gasteiger partial charge in [0.25, 0.3) is 11.8 Å². The molecule has 10 heteroatoms. The lowest BCUT2D eigenvalue weighted by Gasteiger charge is -2.18. The zero-order valence-electron chi connectivity index (χ0n) is 17.4. The van der Waals surface area contributed by atoms with E-state index in [0.717, 1.165) is 31.3 Å². The standard InChI is InChI=1S/C23H17F5N4O/c1-22(24,25)20-8-5-15(12-29-20)21(33)31(2)17-9-10-32-19(11-17)18(13-30-32)14-3-6-16(7-4-14)23(26,27)28/h3-13H,1-2H3. The van der Waals surface area contributed by atoms with Gasteiger partial charge in [-0.1, -0.05) is 12.1 Å². The number of halogens is 5. The first-order valence-electron chi connectivity index (χ1n) is 9.72. The Labute approximate surface area is 185 Å². The first kappa shape index (κ1) is 22.4. The Morgan fingerprint density at radius 1 is 0.970 bits per heavy atom. The van der Waals surface area contributed by atoms with Crippen molar-refractivity contribution < 1.29 is 26.7 Å². The van der Waals surface area contributed by atoms with Crippen LogP contribution >= 0.6 is 0 Å². The molecule has 0 radical (unpaired) electrons. The number of carbonyl (C=O) groups excluding carboxylic acids is 1. The normalized spacial score (nSPS) is 12.2. The number of nitrogens with zero attached hydrogens (tertiary/aromatic N) is 4. The van der Waals surface area contributed by atoms with Crippen molar-refractivity contribution >= 4 is 17.1 Å². The molecule has 3 aromatic heterocycles. The number of carbonyl (C=O) groups is 1. The SMILES string of the molecule is CN(C(=O)c1ccc(C(C)(F)F)nc1)c1ccn2ncc(-c3ccc(C(F)(F)F)cc3)c2c1. The summed E-state index contributed by atoms with van der Waals surface area (Å²) in [6.45, 7) is 0.720. The minimum atomic E-state index is -4.43. The van der Waals surface area contributed by atoms with E-state index >= 15 is 0 Å². The maximum absolute atomic E-state index is 13.4. The summed E-state index contributed by atoms with van der Waals surface area (Å²) in [4.78, 5) is 17.8. The van der Waals surface area contributed by atoms with Crippen molar-refractivity contribution in [1.29, 1.82) is 0 Å². The molecule has 0 spiro atoms. The third-order valence-electron chi connectivity index (χ3n) is 5.18. The monoisotopic (exact) mass is 460 g/mol. The van der Waals surface area contributed by atoms with E-state index in [4.69, 9.17) is 0 Å². The summed E-state index contributed by atoms with van der Waals surface area (Å²) >= 11 is 0. The first-order chi connectivity index (χ1) is 15.4. The minimum absolute atomic E-state index is 0.127. The van der Waals surface area contributed by atoms with Gasteiger partial charge < -0.3 is 4.90 Å². The molecule has 0 aliphatic carbocycles. The van der Waals surface area contributed by atoms with Crippen LogP contribution in [0.15, 0.2) is 67.1 Å². The number of alkyl halides is 5. The molecule has 0 N–H and O–H groups in total. The zero-order chi connectivity index (χ0) is 24.0. The van der Waals surface area contributed by atoms with Gasteiger partial charge in [-0.05, 0) is 42.0 Å². The van der Waals surface area contributed by atoms with Crippen molar-refractivity contribution in [3.63, 3.8) is 0 Å². The van der Waals surface area contributed by atoms with Crippen LogP contribution in [0.4, 0.5) is 27.6 Å². The smallest absolute Gasteiger partial charge is 0.311 e. The van der Waals surface area contributed by atoms with Crippen LogP contribution in [0.1, 0.15) is 28.5 Å². The third-order valence-corrected chi connectivity index (χ3v) is 5.18. The minimum Gasteiger partial charge on any atom is -0.311 e. The van der Waals surface area contributed by atoms with Crippen molar-refractivity contribution in [3.05, 3.63) is 83.9 Å². The molecule has 33 heavy (non-hydrogen) atoms. The van der Waals surface area contributed by atoms with Gasteiger partial charge in [0, 0.05) is 37.6 Å². The van der Waals surface area contributed by atoms with Crippen LogP contribution in [0.2, 0.25) is 0 Å². The van der Waals surface area contributed by atoms with Crippen LogP contribution in [0.25, 0.3) is 16.6 Å². The Hall–Kier alpha value is -3.82. The predicted octanol–water partition coefficient (Wildman–Crippen LogP) is 5.80. The average Bonchev–Trinajstić information content (AvgIpc) is 3.20. The Kier molecular flexibility index (Phi) is 5.39. The average molecular weight is 460 g/mol. The highest BCUT2D eigenvalue weighted by atomic mass is 19.4. The lowest BCUT2D eigenvalue weighted by atomic mass is 10.0.